The highest BCUT2D eigenvalue weighted by molar-refractivity contribution is 7.89. The lowest BCUT2D eigenvalue weighted by molar-refractivity contribution is -0.119. The van der Waals surface area contributed by atoms with E-state index in [4.69, 9.17) is 11.6 Å². The molecule has 2 aromatic rings. The number of hydrogen-bond acceptors (Lipinski definition) is 3. The highest BCUT2D eigenvalue weighted by atomic mass is 35.5. The summed E-state index contributed by atoms with van der Waals surface area (Å²) in [6.07, 6.45) is 1.02. The maximum absolute atomic E-state index is 13.2. The predicted octanol–water partition coefficient (Wildman–Crippen LogP) is 3.27. The molecule has 1 saturated heterocycles. The van der Waals surface area contributed by atoms with Crippen LogP contribution in [0.3, 0.4) is 0 Å². The molecule has 3 rings (SSSR count). The fraction of sp³-hybridized carbons (Fsp3) is 0.235. The Bertz CT molecular complexity index is 890. The Hall–Kier alpha value is -1.96. The second-order valence-electron chi connectivity index (χ2n) is 5.70. The fourth-order valence-electron chi connectivity index (χ4n) is 2.82. The van der Waals surface area contributed by atoms with Crippen LogP contribution in [0, 0.1) is 5.82 Å². The third kappa shape index (κ3) is 3.68. The van der Waals surface area contributed by atoms with Gasteiger partial charge in [0.05, 0.1) is 9.92 Å². The molecule has 0 aliphatic carbocycles. The standard InChI is InChI=1S/C17H16ClFN2O3S/c18-14-11-12(8-9-15(14)19)20-17(22)16-7-4-10-21(16)25(23,24)13-5-2-1-3-6-13/h1-3,5-6,8-9,11,16H,4,7,10H2,(H,20,22)/t16-/m1/s1. The van der Waals surface area contributed by atoms with Gasteiger partial charge in [0, 0.05) is 12.2 Å². The number of hydrogen-bond donors (Lipinski definition) is 1. The van der Waals surface area contributed by atoms with E-state index in [2.05, 4.69) is 5.32 Å². The van der Waals surface area contributed by atoms with Crippen molar-refractivity contribution in [3.63, 3.8) is 0 Å². The van der Waals surface area contributed by atoms with Crippen LogP contribution < -0.4 is 5.32 Å². The van der Waals surface area contributed by atoms with Gasteiger partial charge in [-0.2, -0.15) is 4.31 Å². The van der Waals surface area contributed by atoms with Gasteiger partial charge < -0.3 is 5.32 Å². The Morgan fingerprint density at radius 1 is 1.20 bits per heavy atom. The van der Waals surface area contributed by atoms with Crippen molar-refractivity contribution >= 4 is 33.2 Å². The topological polar surface area (TPSA) is 66.5 Å². The molecule has 5 nitrogen and oxygen atoms in total. The number of carbonyl (C=O) groups is 1. The molecule has 1 aliphatic rings. The van der Waals surface area contributed by atoms with Crippen molar-refractivity contribution in [1.82, 2.24) is 4.31 Å². The average molecular weight is 383 g/mol. The summed E-state index contributed by atoms with van der Waals surface area (Å²) in [4.78, 5) is 12.7. The van der Waals surface area contributed by atoms with E-state index in [1.54, 1.807) is 18.2 Å². The van der Waals surface area contributed by atoms with E-state index < -0.39 is 27.8 Å². The SMILES string of the molecule is O=C(Nc1ccc(F)c(Cl)c1)[C@H]1CCCN1S(=O)(=O)c1ccccc1. The van der Waals surface area contributed by atoms with E-state index in [1.807, 2.05) is 0 Å². The van der Waals surface area contributed by atoms with Crippen molar-refractivity contribution in [2.45, 2.75) is 23.8 Å². The zero-order chi connectivity index (χ0) is 18.0. The third-order valence-corrected chi connectivity index (χ3v) is 6.26. The van der Waals surface area contributed by atoms with Crippen molar-refractivity contribution in [2.75, 3.05) is 11.9 Å². The minimum atomic E-state index is -3.75. The zero-order valence-electron chi connectivity index (χ0n) is 13.2. The molecule has 132 valence electrons. The van der Waals surface area contributed by atoms with Crippen LogP contribution in [0.2, 0.25) is 5.02 Å². The molecular weight excluding hydrogens is 367 g/mol. The number of nitrogens with one attached hydrogen (secondary N) is 1. The van der Waals surface area contributed by atoms with Crippen LogP contribution in [-0.4, -0.2) is 31.2 Å². The lowest BCUT2D eigenvalue weighted by Gasteiger charge is -2.23. The van der Waals surface area contributed by atoms with Gasteiger partial charge in [0.2, 0.25) is 15.9 Å². The van der Waals surface area contributed by atoms with Gasteiger partial charge in [-0.25, -0.2) is 12.8 Å². The summed E-state index contributed by atoms with van der Waals surface area (Å²) in [5, 5.41) is 2.50. The molecule has 1 amide bonds. The molecular formula is C17H16ClFN2O3S. The van der Waals surface area contributed by atoms with Gasteiger partial charge in [-0.1, -0.05) is 29.8 Å². The van der Waals surface area contributed by atoms with Crippen molar-refractivity contribution in [2.24, 2.45) is 0 Å². The number of rotatable bonds is 4. The smallest absolute Gasteiger partial charge is 0.243 e. The van der Waals surface area contributed by atoms with Crippen molar-refractivity contribution in [1.29, 1.82) is 0 Å². The van der Waals surface area contributed by atoms with Crippen LogP contribution in [0.15, 0.2) is 53.4 Å². The number of amides is 1. The number of nitrogens with zero attached hydrogens (tertiary/aromatic N) is 1. The van der Waals surface area contributed by atoms with Gasteiger partial charge in [-0.3, -0.25) is 4.79 Å². The number of benzene rings is 2. The monoisotopic (exact) mass is 382 g/mol. The lowest BCUT2D eigenvalue weighted by Crippen LogP contribution is -2.43. The third-order valence-electron chi connectivity index (χ3n) is 4.04. The van der Waals surface area contributed by atoms with Gasteiger partial charge >= 0.3 is 0 Å². The molecule has 0 unspecified atom stereocenters. The average Bonchev–Trinajstić information content (AvgIpc) is 3.10. The first-order chi connectivity index (χ1) is 11.9. The number of anilines is 1. The first-order valence-electron chi connectivity index (χ1n) is 7.72. The maximum Gasteiger partial charge on any atom is 0.243 e. The molecule has 0 spiro atoms. The Kier molecular flexibility index (Phi) is 5.08. The number of halogens is 2. The van der Waals surface area contributed by atoms with E-state index in [0.717, 1.165) is 6.07 Å². The molecule has 8 heteroatoms. The summed E-state index contributed by atoms with van der Waals surface area (Å²) in [6.45, 7) is 0.277. The van der Waals surface area contributed by atoms with E-state index >= 15 is 0 Å². The molecule has 1 aliphatic heterocycles. The Morgan fingerprint density at radius 2 is 1.92 bits per heavy atom. The normalized spacial score (nSPS) is 18.2. The molecule has 0 bridgehead atoms. The molecule has 0 radical (unpaired) electrons. The van der Waals surface area contributed by atoms with Crippen molar-refractivity contribution in [3.05, 3.63) is 59.4 Å². The summed E-state index contributed by atoms with van der Waals surface area (Å²) in [7, 11) is -3.75. The highest BCUT2D eigenvalue weighted by Crippen LogP contribution is 2.27. The van der Waals surface area contributed by atoms with Crippen molar-refractivity contribution in [3.8, 4) is 0 Å². The van der Waals surface area contributed by atoms with Crippen LogP contribution in [0.25, 0.3) is 0 Å². The Balaban J connectivity index is 1.81. The molecule has 1 N–H and O–H groups in total. The minimum absolute atomic E-state index is 0.113. The summed E-state index contributed by atoms with van der Waals surface area (Å²) >= 11 is 5.71. The van der Waals surface area contributed by atoms with Crippen molar-refractivity contribution < 1.29 is 17.6 Å². The van der Waals surface area contributed by atoms with Gasteiger partial charge in [0.1, 0.15) is 11.9 Å². The minimum Gasteiger partial charge on any atom is -0.325 e. The first kappa shape index (κ1) is 17.8. The molecule has 1 atom stereocenters. The van der Waals surface area contributed by atoms with E-state index in [1.165, 1.54) is 28.6 Å². The number of carbonyl (C=O) groups excluding carboxylic acids is 1. The molecule has 2 aromatic carbocycles. The van der Waals surface area contributed by atoms with Gasteiger partial charge in [0.25, 0.3) is 0 Å². The van der Waals surface area contributed by atoms with Gasteiger partial charge in [-0.05, 0) is 43.2 Å². The summed E-state index contributed by atoms with van der Waals surface area (Å²) in [6, 6.07) is 11.0. The molecule has 25 heavy (non-hydrogen) atoms. The lowest BCUT2D eigenvalue weighted by atomic mass is 10.2. The molecule has 0 saturated carbocycles. The van der Waals surface area contributed by atoms with E-state index in [0.29, 0.717) is 18.5 Å². The number of sulfonamides is 1. The Morgan fingerprint density at radius 3 is 2.60 bits per heavy atom. The largest absolute Gasteiger partial charge is 0.325 e. The second kappa shape index (κ2) is 7.11. The van der Waals surface area contributed by atoms with E-state index in [-0.39, 0.29) is 16.5 Å². The molecule has 0 aromatic heterocycles. The summed E-state index contributed by atoms with van der Waals surface area (Å²) in [5.74, 6) is -1.05. The van der Waals surface area contributed by atoms with Gasteiger partial charge in [0.15, 0.2) is 0 Å². The fourth-order valence-corrected chi connectivity index (χ4v) is 4.68. The maximum atomic E-state index is 13.2. The molecule has 1 heterocycles. The summed E-state index contributed by atoms with van der Waals surface area (Å²) in [5.41, 5.74) is 0.320. The molecule has 1 fully saturated rings. The second-order valence-corrected chi connectivity index (χ2v) is 8.00. The van der Waals surface area contributed by atoms with Crippen LogP contribution in [0.1, 0.15) is 12.8 Å². The van der Waals surface area contributed by atoms with Gasteiger partial charge in [-0.15, -0.1) is 0 Å². The predicted molar refractivity (Wildman–Crippen MR) is 93.4 cm³/mol. The Labute approximate surface area is 150 Å². The summed E-state index contributed by atoms with van der Waals surface area (Å²) < 4.78 is 40.0. The quantitative estimate of drug-likeness (QED) is 0.882. The van der Waals surface area contributed by atoms with Crippen LogP contribution in [-0.2, 0) is 14.8 Å². The van der Waals surface area contributed by atoms with Crippen LogP contribution in [0.4, 0.5) is 10.1 Å². The first-order valence-corrected chi connectivity index (χ1v) is 9.54. The highest BCUT2D eigenvalue weighted by Gasteiger charge is 2.39. The van der Waals surface area contributed by atoms with E-state index in [9.17, 15) is 17.6 Å². The van der Waals surface area contributed by atoms with Crippen LogP contribution in [0.5, 0.6) is 0 Å². The van der Waals surface area contributed by atoms with Crippen LogP contribution >= 0.6 is 11.6 Å². The zero-order valence-corrected chi connectivity index (χ0v) is 14.7.